The Morgan fingerprint density at radius 1 is 0.406 bits per heavy atom. The number of aromatic nitrogens is 1. The molecule has 0 unspecified atom stereocenters. The summed E-state index contributed by atoms with van der Waals surface area (Å²) in [7, 11) is 0. The van der Waals surface area contributed by atoms with Crippen LogP contribution in [-0.2, 0) is 0 Å². The molecular weight excluding hydrogens is 454 g/mol. The number of para-hydroxylation sites is 2. The first-order valence-electron chi connectivity index (χ1n) is 10.7. The molecule has 154 valence electrons. The van der Waals surface area contributed by atoms with E-state index in [1.807, 2.05) is 12.1 Å². The second kappa shape index (κ2) is 9.25. The highest BCUT2D eigenvalue weighted by molar-refractivity contribution is 9.10. The Bertz CT molecular complexity index is 1360. The smallest absolute Gasteiger partial charge is 0.0541 e. The van der Waals surface area contributed by atoms with Crippen molar-refractivity contribution in [3.8, 4) is 16.8 Å². The van der Waals surface area contributed by atoms with Gasteiger partial charge in [0.15, 0.2) is 0 Å². The third-order valence-corrected chi connectivity index (χ3v) is 6.07. The van der Waals surface area contributed by atoms with E-state index in [4.69, 9.17) is 0 Å². The summed E-state index contributed by atoms with van der Waals surface area (Å²) in [5, 5.41) is 2.59. The predicted molar refractivity (Wildman–Crippen MR) is 140 cm³/mol. The summed E-state index contributed by atoms with van der Waals surface area (Å²) in [5.41, 5.74) is 6.23. The minimum Gasteiger partial charge on any atom is -0.309 e. The van der Waals surface area contributed by atoms with Crippen LogP contribution >= 0.6 is 15.9 Å². The molecular formula is C30H22BrN. The van der Waals surface area contributed by atoms with Crippen LogP contribution in [0.3, 0.4) is 0 Å². The van der Waals surface area contributed by atoms with Crippen LogP contribution < -0.4 is 0 Å². The summed E-state index contributed by atoms with van der Waals surface area (Å²) < 4.78 is 3.42. The monoisotopic (exact) mass is 475 g/mol. The van der Waals surface area contributed by atoms with Crippen LogP contribution in [0.5, 0.6) is 0 Å². The lowest BCUT2D eigenvalue weighted by Gasteiger charge is -2.07. The first-order chi connectivity index (χ1) is 15.8. The fourth-order valence-corrected chi connectivity index (χ4v) is 4.32. The maximum atomic E-state index is 3.50. The van der Waals surface area contributed by atoms with Gasteiger partial charge >= 0.3 is 0 Å². The van der Waals surface area contributed by atoms with E-state index in [9.17, 15) is 0 Å². The summed E-state index contributed by atoms with van der Waals surface area (Å²) in [4.78, 5) is 0. The van der Waals surface area contributed by atoms with E-state index in [-0.39, 0.29) is 0 Å². The largest absolute Gasteiger partial charge is 0.309 e. The Hall–Kier alpha value is -3.62. The van der Waals surface area contributed by atoms with E-state index in [0.717, 1.165) is 4.47 Å². The van der Waals surface area contributed by atoms with Crippen LogP contribution in [0.4, 0.5) is 0 Å². The molecule has 0 aliphatic heterocycles. The summed E-state index contributed by atoms with van der Waals surface area (Å²) in [6.45, 7) is 0. The van der Waals surface area contributed by atoms with Gasteiger partial charge in [0.05, 0.1) is 11.0 Å². The lowest BCUT2D eigenvalue weighted by atomic mass is 10.1. The number of hydrogen-bond acceptors (Lipinski definition) is 0. The summed E-state index contributed by atoms with van der Waals surface area (Å²) in [6.07, 6.45) is 0. The molecule has 0 bridgehead atoms. The van der Waals surface area contributed by atoms with Gasteiger partial charge in [-0.05, 0) is 47.5 Å². The predicted octanol–water partition coefficient (Wildman–Crippen LogP) is 8.90. The molecule has 2 heteroatoms. The Morgan fingerprint density at radius 3 is 1.28 bits per heavy atom. The Balaban J connectivity index is 0.000000154. The van der Waals surface area contributed by atoms with Crippen molar-refractivity contribution in [2.45, 2.75) is 0 Å². The van der Waals surface area contributed by atoms with Gasteiger partial charge in [-0.2, -0.15) is 0 Å². The number of rotatable bonds is 2. The van der Waals surface area contributed by atoms with Crippen LogP contribution in [0.1, 0.15) is 0 Å². The van der Waals surface area contributed by atoms with E-state index in [0.29, 0.717) is 0 Å². The molecule has 0 fully saturated rings. The molecule has 6 rings (SSSR count). The normalized spacial score (nSPS) is 10.7. The van der Waals surface area contributed by atoms with E-state index in [2.05, 4.69) is 142 Å². The molecule has 0 aliphatic rings. The number of fused-ring (bicyclic) bond motifs is 3. The second-order valence-electron chi connectivity index (χ2n) is 7.58. The molecule has 0 aliphatic carbocycles. The van der Waals surface area contributed by atoms with E-state index in [1.165, 1.54) is 38.6 Å². The van der Waals surface area contributed by atoms with Gasteiger partial charge in [0.1, 0.15) is 0 Å². The molecule has 1 aromatic heterocycles. The first-order valence-corrected chi connectivity index (χ1v) is 11.5. The van der Waals surface area contributed by atoms with Crippen LogP contribution in [0.15, 0.2) is 138 Å². The molecule has 0 saturated heterocycles. The molecule has 1 heterocycles. The quantitative estimate of drug-likeness (QED) is 0.235. The van der Waals surface area contributed by atoms with Gasteiger partial charge in [0, 0.05) is 20.9 Å². The zero-order chi connectivity index (χ0) is 21.8. The standard InChI is InChI=1S/C18H12BrN.C12H10/c19-13-9-11-14(12-10-13)20-17-7-3-1-5-15(17)16-6-2-4-8-18(16)20;1-3-7-11(8-4-1)12-9-5-2-6-10-12/h1-12H;1-10H. The molecule has 0 atom stereocenters. The van der Waals surface area contributed by atoms with Crippen LogP contribution in [0.2, 0.25) is 0 Å². The molecule has 5 aromatic carbocycles. The second-order valence-corrected chi connectivity index (χ2v) is 8.49. The molecule has 0 N–H and O–H groups in total. The third kappa shape index (κ3) is 4.10. The van der Waals surface area contributed by atoms with Crippen LogP contribution in [-0.4, -0.2) is 4.57 Å². The molecule has 1 nitrogen and oxygen atoms in total. The highest BCUT2D eigenvalue weighted by Gasteiger charge is 2.10. The number of nitrogens with zero attached hydrogens (tertiary/aromatic N) is 1. The lowest BCUT2D eigenvalue weighted by Crippen LogP contribution is -1.92. The van der Waals surface area contributed by atoms with Gasteiger partial charge in [0.2, 0.25) is 0 Å². The van der Waals surface area contributed by atoms with Gasteiger partial charge in [0.25, 0.3) is 0 Å². The van der Waals surface area contributed by atoms with Crippen LogP contribution in [0, 0.1) is 0 Å². The topological polar surface area (TPSA) is 4.93 Å². The van der Waals surface area contributed by atoms with E-state index < -0.39 is 0 Å². The van der Waals surface area contributed by atoms with Crippen molar-refractivity contribution in [1.82, 2.24) is 4.57 Å². The molecule has 6 aromatic rings. The Morgan fingerprint density at radius 2 is 0.812 bits per heavy atom. The Kier molecular flexibility index (Phi) is 5.87. The maximum Gasteiger partial charge on any atom is 0.0541 e. The molecule has 32 heavy (non-hydrogen) atoms. The van der Waals surface area contributed by atoms with Crippen molar-refractivity contribution < 1.29 is 0 Å². The average Bonchev–Trinajstić information content (AvgIpc) is 3.21. The van der Waals surface area contributed by atoms with Gasteiger partial charge in [-0.3, -0.25) is 0 Å². The molecule has 0 saturated carbocycles. The fraction of sp³-hybridized carbons (Fsp3) is 0. The van der Waals surface area contributed by atoms with Crippen LogP contribution in [0.25, 0.3) is 38.6 Å². The SMILES string of the molecule is Brc1ccc(-n2c3ccccc3c3ccccc32)cc1.c1ccc(-c2ccccc2)cc1. The molecule has 0 spiro atoms. The fourth-order valence-electron chi connectivity index (χ4n) is 4.05. The van der Waals surface area contributed by atoms with Gasteiger partial charge in [-0.25, -0.2) is 0 Å². The summed E-state index contributed by atoms with van der Waals surface area (Å²) in [6, 6.07) is 46.3. The van der Waals surface area contributed by atoms with E-state index >= 15 is 0 Å². The zero-order valence-electron chi connectivity index (χ0n) is 17.5. The lowest BCUT2D eigenvalue weighted by molar-refractivity contribution is 1.18. The van der Waals surface area contributed by atoms with Crippen molar-refractivity contribution >= 4 is 37.7 Å². The zero-order valence-corrected chi connectivity index (χ0v) is 19.1. The van der Waals surface area contributed by atoms with Gasteiger partial charge < -0.3 is 4.57 Å². The highest BCUT2D eigenvalue weighted by atomic mass is 79.9. The van der Waals surface area contributed by atoms with Crippen molar-refractivity contribution in [2.24, 2.45) is 0 Å². The minimum atomic E-state index is 1.10. The van der Waals surface area contributed by atoms with Crippen molar-refractivity contribution in [3.63, 3.8) is 0 Å². The first kappa shape index (κ1) is 20.3. The Labute approximate surface area is 196 Å². The summed E-state index contributed by atoms with van der Waals surface area (Å²) >= 11 is 3.50. The van der Waals surface area contributed by atoms with Crippen molar-refractivity contribution in [1.29, 1.82) is 0 Å². The average molecular weight is 476 g/mol. The van der Waals surface area contributed by atoms with Crippen molar-refractivity contribution in [2.75, 3.05) is 0 Å². The molecule has 0 amide bonds. The number of halogens is 1. The minimum absolute atomic E-state index is 1.10. The number of hydrogen-bond donors (Lipinski definition) is 0. The van der Waals surface area contributed by atoms with Gasteiger partial charge in [-0.15, -0.1) is 0 Å². The third-order valence-electron chi connectivity index (χ3n) is 5.55. The summed E-state index contributed by atoms with van der Waals surface area (Å²) in [5.74, 6) is 0. The van der Waals surface area contributed by atoms with Gasteiger partial charge in [-0.1, -0.05) is 113 Å². The number of benzene rings is 5. The van der Waals surface area contributed by atoms with Crippen molar-refractivity contribution in [3.05, 3.63) is 138 Å². The molecule has 0 radical (unpaired) electrons. The highest BCUT2D eigenvalue weighted by Crippen LogP contribution is 2.31. The maximum absolute atomic E-state index is 3.50. The van der Waals surface area contributed by atoms with E-state index in [1.54, 1.807) is 0 Å².